The van der Waals surface area contributed by atoms with E-state index >= 15 is 0 Å². The van der Waals surface area contributed by atoms with Crippen molar-refractivity contribution < 1.29 is 9.53 Å². The van der Waals surface area contributed by atoms with Crippen LogP contribution in [0.2, 0.25) is 0 Å². The van der Waals surface area contributed by atoms with Crippen molar-refractivity contribution in [3.63, 3.8) is 0 Å². The highest BCUT2D eigenvalue weighted by Gasteiger charge is 2.29. The molecule has 0 aliphatic carbocycles. The zero-order chi connectivity index (χ0) is 12.1. The second kappa shape index (κ2) is 6.36. The Labute approximate surface area is 104 Å². The van der Waals surface area contributed by atoms with E-state index in [1.807, 2.05) is 4.90 Å². The van der Waals surface area contributed by atoms with E-state index in [9.17, 15) is 4.79 Å². The summed E-state index contributed by atoms with van der Waals surface area (Å²) in [5.74, 6) is 0.840. The Balaban J connectivity index is 1.85. The predicted octanol–water partition coefficient (Wildman–Crippen LogP) is 1.01. The molecule has 98 valence electrons. The molecule has 0 aromatic carbocycles. The minimum absolute atomic E-state index is 0.0741. The topological polar surface area (TPSA) is 41.6 Å². The van der Waals surface area contributed by atoms with E-state index in [-0.39, 0.29) is 6.04 Å². The third kappa shape index (κ3) is 3.42. The minimum atomic E-state index is 0.0741. The first-order valence-electron chi connectivity index (χ1n) is 6.82. The maximum atomic E-state index is 12.3. The van der Waals surface area contributed by atoms with E-state index in [1.54, 1.807) is 7.11 Å². The summed E-state index contributed by atoms with van der Waals surface area (Å²) in [5.41, 5.74) is 0. The molecule has 0 radical (unpaired) electrons. The molecule has 17 heavy (non-hydrogen) atoms. The van der Waals surface area contributed by atoms with Crippen LogP contribution in [0.4, 0.5) is 0 Å². The largest absolute Gasteiger partial charge is 0.384 e. The molecular formula is C13H24N2O2. The zero-order valence-electron chi connectivity index (χ0n) is 10.8. The molecule has 0 aromatic rings. The van der Waals surface area contributed by atoms with Gasteiger partial charge in [-0.25, -0.2) is 0 Å². The van der Waals surface area contributed by atoms with E-state index in [0.717, 1.165) is 39.1 Å². The first-order chi connectivity index (χ1) is 8.31. The van der Waals surface area contributed by atoms with Crippen molar-refractivity contribution in [1.82, 2.24) is 10.2 Å². The minimum Gasteiger partial charge on any atom is -0.384 e. The fourth-order valence-corrected chi connectivity index (χ4v) is 2.92. The van der Waals surface area contributed by atoms with Crippen molar-refractivity contribution in [3.8, 4) is 0 Å². The van der Waals surface area contributed by atoms with Crippen LogP contribution in [0.3, 0.4) is 0 Å². The number of carbonyl (C=O) groups excluding carboxylic acids is 1. The van der Waals surface area contributed by atoms with Crippen LogP contribution in [-0.4, -0.2) is 50.2 Å². The fourth-order valence-electron chi connectivity index (χ4n) is 2.92. The lowest BCUT2D eigenvalue weighted by molar-refractivity contribution is -0.136. The van der Waals surface area contributed by atoms with Gasteiger partial charge in [-0.3, -0.25) is 4.79 Å². The number of methoxy groups -OCH3 is 1. The van der Waals surface area contributed by atoms with Gasteiger partial charge in [0.25, 0.3) is 0 Å². The lowest BCUT2D eigenvalue weighted by Crippen LogP contribution is -2.51. The number of likely N-dealkylation sites (tertiary alicyclic amines) is 1. The summed E-state index contributed by atoms with van der Waals surface area (Å²) in [6.07, 6.45) is 5.70. The van der Waals surface area contributed by atoms with Gasteiger partial charge in [0.15, 0.2) is 0 Å². The standard InChI is InChI=1S/C13H24N2O2/c1-17-10-11-5-4-8-15(9-11)13(16)12-6-2-3-7-14-12/h11-12,14H,2-10H2,1H3. The lowest BCUT2D eigenvalue weighted by Gasteiger charge is -2.35. The molecule has 2 rings (SSSR count). The zero-order valence-corrected chi connectivity index (χ0v) is 10.8. The molecule has 2 aliphatic rings. The van der Waals surface area contributed by atoms with Gasteiger partial charge in [0.2, 0.25) is 5.91 Å². The molecule has 0 spiro atoms. The maximum absolute atomic E-state index is 12.3. The smallest absolute Gasteiger partial charge is 0.239 e. The van der Waals surface area contributed by atoms with Gasteiger partial charge in [-0.15, -0.1) is 0 Å². The summed E-state index contributed by atoms with van der Waals surface area (Å²) >= 11 is 0. The van der Waals surface area contributed by atoms with Crippen molar-refractivity contribution in [3.05, 3.63) is 0 Å². The average Bonchev–Trinajstić information content (AvgIpc) is 2.40. The van der Waals surface area contributed by atoms with Crippen LogP contribution in [0.25, 0.3) is 0 Å². The van der Waals surface area contributed by atoms with Gasteiger partial charge in [0.1, 0.15) is 0 Å². The molecule has 4 nitrogen and oxygen atoms in total. The van der Waals surface area contributed by atoms with Gasteiger partial charge in [0, 0.05) is 20.2 Å². The maximum Gasteiger partial charge on any atom is 0.239 e. The molecule has 1 amide bonds. The average molecular weight is 240 g/mol. The Morgan fingerprint density at radius 3 is 2.94 bits per heavy atom. The van der Waals surface area contributed by atoms with Crippen LogP contribution in [0, 0.1) is 5.92 Å². The number of ether oxygens (including phenoxy) is 1. The van der Waals surface area contributed by atoms with Crippen molar-refractivity contribution in [2.45, 2.75) is 38.1 Å². The predicted molar refractivity (Wildman–Crippen MR) is 66.8 cm³/mol. The first kappa shape index (κ1) is 12.8. The van der Waals surface area contributed by atoms with Crippen LogP contribution in [0.1, 0.15) is 32.1 Å². The van der Waals surface area contributed by atoms with E-state index < -0.39 is 0 Å². The summed E-state index contributed by atoms with van der Waals surface area (Å²) in [4.78, 5) is 14.4. The molecule has 2 unspecified atom stereocenters. The number of carbonyl (C=O) groups is 1. The normalized spacial score (nSPS) is 30.3. The second-order valence-electron chi connectivity index (χ2n) is 5.25. The summed E-state index contributed by atoms with van der Waals surface area (Å²) in [6, 6.07) is 0.0741. The van der Waals surface area contributed by atoms with E-state index in [1.165, 1.54) is 19.3 Å². The van der Waals surface area contributed by atoms with Gasteiger partial charge in [0.05, 0.1) is 12.6 Å². The number of hydrogen-bond acceptors (Lipinski definition) is 3. The Morgan fingerprint density at radius 1 is 1.35 bits per heavy atom. The highest BCUT2D eigenvalue weighted by atomic mass is 16.5. The quantitative estimate of drug-likeness (QED) is 0.800. The lowest BCUT2D eigenvalue weighted by atomic mass is 9.97. The van der Waals surface area contributed by atoms with E-state index in [2.05, 4.69) is 5.32 Å². The molecule has 2 heterocycles. The molecule has 2 aliphatic heterocycles. The van der Waals surface area contributed by atoms with Crippen molar-refractivity contribution in [1.29, 1.82) is 0 Å². The third-order valence-electron chi connectivity index (χ3n) is 3.84. The van der Waals surface area contributed by atoms with Crippen LogP contribution in [0.5, 0.6) is 0 Å². The molecule has 2 atom stereocenters. The molecule has 4 heteroatoms. The Hall–Kier alpha value is -0.610. The SMILES string of the molecule is COCC1CCCN(C(=O)C2CCCCN2)C1. The van der Waals surface area contributed by atoms with Crippen molar-refractivity contribution in [2.75, 3.05) is 33.4 Å². The highest BCUT2D eigenvalue weighted by molar-refractivity contribution is 5.82. The van der Waals surface area contributed by atoms with Crippen LogP contribution in [0.15, 0.2) is 0 Å². The van der Waals surface area contributed by atoms with Gasteiger partial charge in [-0.05, 0) is 38.1 Å². The van der Waals surface area contributed by atoms with E-state index in [0.29, 0.717) is 11.8 Å². The summed E-state index contributed by atoms with van der Waals surface area (Å²) in [7, 11) is 1.74. The monoisotopic (exact) mass is 240 g/mol. The number of nitrogens with one attached hydrogen (secondary N) is 1. The molecule has 0 bridgehead atoms. The molecule has 2 saturated heterocycles. The number of amides is 1. The summed E-state index contributed by atoms with van der Waals surface area (Å²) in [5, 5.41) is 3.34. The van der Waals surface area contributed by atoms with Crippen LogP contribution in [-0.2, 0) is 9.53 Å². The molecule has 0 aromatic heterocycles. The summed E-state index contributed by atoms with van der Waals surface area (Å²) in [6.45, 7) is 3.58. The number of rotatable bonds is 3. The first-order valence-corrected chi connectivity index (χ1v) is 6.82. The molecular weight excluding hydrogens is 216 g/mol. The molecule has 1 N–H and O–H groups in total. The van der Waals surface area contributed by atoms with E-state index in [4.69, 9.17) is 4.74 Å². The van der Waals surface area contributed by atoms with Gasteiger partial charge < -0.3 is 15.0 Å². The van der Waals surface area contributed by atoms with Gasteiger partial charge >= 0.3 is 0 Å². The van der Waals surface area contributed by atoms with Gasteiger partial charge in [-0.1, -0.05) is 6.42 Å². The van der Waals surface area contributed by atoms with Crippen molar-refractivity contribution in [2.24, 2.45) is 5.92 Å². The van der Waals surface area contributed by atoms with Crippen LogP contribution < -0.4 is 5.32 Å². The summed E-state index contributed by atoms with van der Waals surface area (Å²) < 4.78 is 5.20. The van der Waals surface area contributed by atoms with Crippen molar-refractivity contribution >= 4 is 5.91 Å². The third-order valence-corrected chi connectivity index (χ3v) is 3.84. The highest BCUT2D eigenvalue weighted by Crippen LogP contribution is 2.19. The molecule has 0 saturated carbocycles. The van der Waals surface area contributed by atoms with Crippen LogP contribution >= 0.6 is 0 Å². The number of piperidine rings is 2. The number of hydrogen-bond donors (Lipinski definition) is 1. The Morgan fingerprint density at radius 2 is 2.24 bits per heavy atom. The second-order valence-corrected chi connectivity index (χ2v) is 5.25. The van der Waals surface area contributed by atoms with Gasteiger partial charge in [-0.2, -0.15) is 0 Å². The molecule has 2 fully saturated rings. The number of nitrogens with zero attached hydrogens (tertiary/aromatic N) is 1. The Bertz CT molecular complexity index is 250. The fraction of sp³-hybridized carbons (Fsp3) is 0.923. The Kier molecular flexibility index (Phi) is 4.80.